The van der Waals surface area contributed by atoms with E-state index >= 15 is 0 Å². The van der Waals surface area contributed by atoms with E-state index in [0.717, 1.165) is 25.2 Å². The van der Waals surface area contributed by atoms with Crippen molar-refractivity contribution in [1.82, 2.24) is 15.0 Å². The minimum atomic E-state index is -4.48. The fraction of sp³-hybridized carbons (Fsp3) is 0.385. The molecule has 0 saturated carbocycles. The van der Waals surface area contributed by atoms with Crippen LogP contribution in [-0.4, -0.2) is 27.0 Å². The second-order valence-electron chi connectivity index (χ2n) is 5.19. The van der Waals surface area contributed by atoms with Crippen molar-refractivity contribution in [2.75, 3.05) is 0 Å². The Balaban J connectivity index is 2.52. The van der Waals surface area contributed by atoms with E-state index in [0.29, 0.717) is 10.6 Å². The molecule has 0 bridgehead atoms. The van der Waals surface area contributed by atoms with Crippen molar-refractivity contribution in [3.63, 3.8) is 0 Å². The Labute approximate surface area is 128 Å². The topological polar surface area (TPSA) is 81.8 Å². The number of nitrogens with two attached hydrogens (primary N) is 1. The molecule has 0 radical (unpaired) electrons. The van der Waals surface area contributed by atoms with Gasteiger partial charge in [0.05, 0.1) is 16.3 Å². The lowest BCUT2D eigenvalue weighted by atomic mass is 9.91. The summed E-state index contributed by atoms with van der Waals surface area (Å²) in [4.78, 5) is 23.4. The first-order valence-corrected chi connectivity index (χ1v) is 7.03. The summed E-state index contributed by atoms with van der Waals surface area (Å²) in [6.07, 6.45) is -3.22. The van der Waals surface area contributed by atoms with Crippen molar-refractivity contribution in [2.24, 2.45) is 5.73 Å². The third-order valence-corrected chi connectivity index (χ3v) is 4.36. The maximum absolute atomic E-state index is 13.1. The summed E-state index contributed by atoms with van der Waals surface area (Å²) >= 11 is 0.990. The molecule has 0 aromatic carbocycles. The third kappa shape index (κ3) is 2.80. The number of thiazole rings is 1. The van der Waals surface area contributed by atoms with Gasteiger partial charge in [-0.25, -0.2) is 15.0 Å². The van der Waals surface area contributed by atoms with Crippen molar-refractivity contribution in [2.45, 2.75) is 32.4 Å². The minimum Gasteiger partial charge on any atom is -0.364 e. The van der Waals surface area contributed by atoms with Gasteiger partial charge in [0.2, 0.25) is 0 Å². The van der Waals surface area contributed by atoms with Crippen LogP contribution in [0.3, 0.4) is 0 Å². The zero-order chi connectivity index (χ0) is 16.7. The molecule has 2 rings (SSSR count). The smallest absolute Gasteiger partial charge is 0.364 e. The molecule has 22 heavy (non-hydrogen) atoms. The van der Waals surface area contributed by atoms with Crippen LogP contribution in [0.25, 0.3) is 10.6 Å². The molecule has 2 aromatic heterocycles. The summed E-state index contributed by atoms with van der Waals surface area (Å²) in [5, 5.41) is 0.0859. The van der Waals surface area contributed by atoms with Crippen LogP contribution in [0, 0.1) is 6.92 Å². The summed E-state index contributed by atoms with van der Waals surface area (Å²) in [5.41, 5.74) is 3.73. The number of primary amides is 1. The molecule has 2 heterocycles. The largest absolute Gasteiger partial charge is 0.400 e. The van der Waals surface area contributed by atoms with Gasteiger partial charge in [-0.15, -0.1) is 11.3 Å². The highest BCUT2D eigenvalue weighted by Crippen LogP contribution is 2.39. The average Bonchev–Trinajstić information content (AvgIpc) is 2.80. The zero-order valence-electron chi connectivity index (χ0n) is 12.0. The van der Waals surface area contributed by atoms with Crippen LogP contribution in [-0.2, 0) is 5.41 Å². The Bertz CT molecular complexity index is 724. The zero-order valence-corrected chi connectivity index (χ0v) is 12.8. The SMILES string of the molecule is Cc1nc(C(N)=O)sc1-c1ccnc(C(C)(C)C(F)(F)F)n1. The first-order chi connectivity index (χ1) is 10.0. The fourth-order valence-corrected chi connectivity index (χ4v) is 2.54. The van der Waals surface area contributed by atoms with E-state index in [1.165, 1.54) is 12.3 Å². The predicted molar refractivity (Wildman–Crippen MR) is 75.5 cm³/mol. The summed E-state index contributed by atoms with van der Waals surface area (Å²) in [5.74, 6) is -1.03. The van der Waals surface area contributed by atoms with Gasteiger partial charge in [0.15, 0.2) is 5.01 Å². The molecule has 2 N–H and O–H groups in total. The number of hydrogen-bond acceptors (Lipinski definition) is 5. The lowest BCUT2D eigenvalue weighted by molar-refractivity contribution is -0.182. The molecule has 1 amide bonds. The maximum atomic E-state index is 13.1. The number of carbonyl (C=O) groups excluding carboxylic acids is 1. The van der Waals surface area contributed by atoms with E-state index in [9.17, 15) is 18.0 Å². The van der Waals surface area contributed by atoms with E-state index in [4.69, 9.17) is 5.73 Å². The summed E-state index contributed by atoms with van der Waals surface area (Å²) in [7, 11) is 0. The van der Waals surface area contributed by atoms with Crippen molar-refractivity contribution < 1.29 is 18.0 Å². The van der Waals surface area contributed by atoms with Gasteiger partial charge in [-0.1, -0.05) is 0 Å². The molecule has 0 saturated heterocycles. The molecule has 0 atom stereocenters. The number of rotatable bonds is 3. The average molecular weight is 330 g/mol. The normalized spacial score (nSPS) is 12.5. The van der Waals surface area contributed by atoms with Crippen LogP contribution < -0.4 is 5.73 Å². The molecule has 0 unspecified atom stereocenters. The van der Waals surface area contributed by atoms with Gasteiger partial charge in [-0.05, 0) is 26.8 Å². The van der Waals surface area contributed by atoms with Crippen LogP contribution >= 0.6 is 11.3 Å². The summed E-state index contributed by atoms with van der Waals surface area (Å²) in [6, 6.07) is 1.47. The van der Waals surface area contributed by atoms with Gasteiger partial charge < -0.3 is 5.73 Å². The monoisotopic (exact) mass is 330 g/mol. The number of amides is 1. The van der Waals surface area contributed by atoms with E-state index in [2.05, 4.69) is 15.0 Å². The lowest BCUT2D eigenvalue weighted by Gasteiger charge is -2.26. The van der Waals surface area contributed by atoms with Gasteiger partial charge in [0.25, 0.3) is 5.91 Å². The minimum absolute atomic E-state index is 0.0859. The van der Waals surface area contributed by atoms with Gasteiger partial charge >= 0.3 is 6.18 Å². The third-order valence-electron chi connectivity index (χ3n) is 3.16. The number of aryl methyl sites for hydroxylation is 1. The highest BCUT2D eigenvalue weighted by molar-refractivity contribution is 7.17. The predicted octanol–water partition coefficient (Wildman–Crippen LogP) is 2.85. The van der Waals surface area contributed by atoms with E-state index in [1.54, 1.807) is 6.92 Å². The standard InChI is InChI=1S/C13H13F3N4OS/c1-6-8(22-10(19-6)9(17)21)7-4-5-18-11(20-7)12(2,3)13(14,15)16/h4-5H,1-3H3,(H2,17,21). The van der Waals surface area contributed by atoms with Crippen molar-refractivity contribution in [3.05, 3.63) is 28.8 Å². The molecule has 0 aliphatic heterocycles. The molecule has 0 aliphatic carbocycles. The Morgan fingerprint density at radius 1 is 1.27 bits per heavy atom. The number of halogens is 3. The van der Waals surface area contributed by atoms with Crippen LogP contribution in [0.5, 0.6) is 0 Å². The molecule has 9 heteroatoms. The first kappa shape index (κ1) is 16.3. The van der Waals surface area contributed by atoms with E-state index < -0.39 is 17.5 Å². The van der Waals surface area contributed by atoms with Gasteiger partial charge in [0, 0.05) is 6.20 Å². The van der Waals surface area contributed by atoms with Crippen LogP contribution in [0.15, 0.2) is 12.3 Å². The number of aromatic nitrogens is 3. The van der Waals surface area contributed by atoms with E-state index in [1.807, 2.05) is 0 Å². The van der Waals surface area contributed by atoms with Crippen LogP contribution in [0.4, 0.5) is 13.2 Å². The number of carbonyl (C=O) groups is 1. The second-order valence-corrected chi connectivity index (χ2v) is 6.19. The molecular weight excluding hydrogens is 317 g/mol. The molecule has 118 valence electrons. The highest BCUT2D eigenvalue weighted by atomic mass is 32.1. The molecular formula is C13H13F3N4OS. The van der Waals surface area contributed by atoms with Crippen LogP contribution in [0.2, 0.25) is 0 Å². The van der Waals surface area contributed by atoms with Crippen molar-refractivity contribution >= 4 is 17.2 Å². The maximum Gasteiger partial charge on any atom is 0.400 e. The fourth-order valence-electron chi connectivity index (χ4n) is 1.65. The second kappa shape index (κ2) is 5.31. The van der Waals surface area contributed by atoms with Gasteiger partial charge in [-0.2, -0.15) is 13.2 Å². The Hall–Kier alpha value is -2.03. The molecule has 0 aliphatic rings. The Morgan fingerprint density at radius 2 is 1.91 bits per heavy atom. The van der Waals surface area contributed by atoms with Crippen LogP contribution in [0.1, 0.15) is 35.2 Å². The van der Waals surface area contributed by atoms with Gasteiger partial charge in [0.1, 0.15) is 11.2 Å². The quantitative estimate of drug-likeness (QED) is 0.938. The summed E-state index contributed by atoms with van der Waals surface area (Å²) in [6.45, 7) is 3.66. The highest BCUT2D eigenvalue weighted by Gasteiger charge is 2.50. The molecule has 2 aromatic rings. The Kier molecular flexibility index (Phi) is 3.94. The van der Waals surface area contributed by atoms with Crippen molar-refractivity contribution in [3.8, 4) is 10.6 Å². The molecule has 0 spiro atoms. The number of hydrogen-bond donors (Lipinski definition) is 1. The molecule has 5 nitrogen and oxygen atoms in total. The molecule has 0 fully saturated rings. The summed E-state index contributed by atoms with van der Waals surface area (Å²) < 4.78 is 39.3. The number of alkyl halides is 3. The lowest BCUT2D eigenvalue weighted by Crippen LogP contribution is -2.38. The Morgan fingerprint density at radius 3 is 2.41 bits per heavy atom. The number of nitrogens with zero attached hydrogens (tertiary/aromatic N) is 3. The first-order valence-electron chi connectivity index (χ1n) is 6.22. The van der Waals surface area contributed by atoms with E-state index in [-0.39, 0.29) is 16.5 Å². The van der Waals surface area contributed by atoms with Crippen molar-refractivity contribution in [1.29, 1.82) is 0 Å². The van der Waals surface area contributed by atoms with Gasteiger partial charge in [-0.3, -0.25) is 4.79 Å².